The first-order valence-electron chi connectivity index (χ1n) is 6.81. The molecular formula is C16H16Cl2N2S. The molecule has 0 aliphatic carbocycles. The van der Waals surface area contributed by atoms with Crippen LogP contribution in [0.4, 0.5) is 0 Å². The molecule has 0 saturated heterocycles. The number of halogens is 2. The Morgan fingerprint density at radius 1 is 1.24 bits per heavy atom. The van der Waals surface area contributed by atoms with Gasteiger partial charge in [-0.25, -0.2) is 0 Å². The molecule has 0 spiro atoms. The first kappa shape index (κ1) is 15.2. The van der Waals surface area contributed by atoms with Crippen LogP contribution in [-0.4, -0.2) is 11.8 Å². The van der Waals surface area contributed by atoms with Gasteiger partial charge in [0.2, 0.25) is 0 Å². The molecule has 0 radical (unpaired) electrons. The minimum atomic E-state index is 0.136. The Morgan fingerprint density at radius 3 is 2.86 bits per heavy atom. The van der Waals surface area contributed by atoms with E-state index < -0.39 is 0 Å². The van der Waals surface area contributed by atoms with Crippen molar-refractivity contribution in [2.45, 2.75) is 23.3 Å². The number of fused-ring (bicyclic) bond motifs is 1. The predicted octanol–water partition coefficient (Wildman–Crippen LogP) is 4.26. The van der Waals surface area contributed by atoms with Crippen LogP contribution < -0.4 is 11.3 Å². The van der Waals surface area contributed by atoms with Gasteiger partial charge in [0, 0.05) is 32.7 Å². The normalized spacial score (nSPS) is 18.5. The van der Waals surface area contributed by atoms with E-state index in [2.05, 4.69) is 29.7 Å². The molecule has 2 nitrogen and oxygen atoms in total. The van der Waals surface area contributed by atoms with Crippen molar-refractivity contribution in [2.75, 3.05) is 5.75 Å². The highest BCUT2D eigenvalue weighted by Gasteiger charge is 2.30. The first-order valence-corrected chi connectivity index (χ1v) is 8.55. The number of nitrogens with two attached hydrogens (primary N) is 1. The van der Waals surface area contributed by atoms with Gasteiger partial charge in [-0.2, -0.15) is 0 Å². The fraction of sp³-hybridized carbons (Fsp3) is 0.250. The van der Waals surface area contributed by atoms with Gasteiger partial charge < -0.3 is 0 Å². The number of hydrazine groups is 1. The number of nitrogens with one attached hydrogen (secondary N) is 1. The summed E-state index contributed by atoms with van der Waals surface area (Å²) >= 11 is 14.2. The Morgan fingerprint density at radius 2 is 2.05 bits per heavy atom. The van der Waals surface area contributed by atoms with Crippen molar-refractivity contribution < 1.29 is 0 Å². The number of benzene rings is 2. The van der Waals surface area contributed by atoms with Gasteiger partial charge in [-0.05, 0) is 41.8 Å². The highest BCUT2D eigenvalue weighted by Crippen LogP contribution is 2.41. The van der Waals surface area contributed by atoms with Gasteiger partial charge in [0.05, 0.1) is 0 Å². The molecule has 2 aromatic carbocycles. The second kappa shape index (κ2) is 6.59. The van der Waals surface area contributed by atoms with Crippen LogP contribution in [0.25, 0.3) is 0 Å². The maximum absolute atomic E-state index is 6.27. The predicted molar refractivity (Wildman–Crippen MR) is 91.2 cm³/mol. The van der Waals surface area contributed by atoms with E-state index in [0.29, 0.717) is 10.9 Å². The lowest BCUT2D eigenvalue weighted by Gasteiger charge is -2.23. The average molecular weight is 339 g/mol. The van der Waals surface area contributed by atoms with E-state index in [4.69, 9.17) is 29.0 Å². The van der Waals surface area contributed by atoms with Crippen molar-refractivity contribution in [1.29, 1.82) is 0 Å². The third-order valence-electron chi connectivity index (χ3n) is 3.88. The number of hydrogen-bond donors (Lipinski definition) is 2. The van der Waals surface area contributed by atoms with Crippen molar-refractivity contribution in [3.8, 4) is 0 Å². The Hall–Kier alpha value is -0.710. The number of rotatable bonds is 4. The third-order valence-corrected chi connectivity index (χ3v) is 5.70. The van der Waals surface area contributed by atoms with Gasteiger partial charge in [0.1, 0.15) is 0 Å². The highest BCUT2D eigenvalue weighted by atomic mass is 35.5. The molecule has 2 unspecified atom stereocenters. The number of hydrogen-bond acceptors (Lipinski definition) is 3. The van der Waals surface area contributed by atoms with E-state index in [1.54, 1.807) is 6.07 Å². The summed E-state index contributed by atoms with van der Waals surface area (Å²) in [5.41, 5.74) is 5.36. The van der Waals surface area contributed by atoms with Crippen LogP contribution >= 0.6 is 35.0 Å². The molecule has 0 saturated carbocycles. The van der Waals surface area contributed by atoms with Crippen LogP contribution in [0.3, 0.4) is 0 Å². The average Bonchev–Trinajstić information content (AvgIpc) is 2.92. The van der Waals surface area contributed by atoms with Crippen molar-refractivity contribution in [3.05, 3.63) is 63.6 Å². The molecule has 2 atom stereocenters. The van der Waals surface area contributed by atoms with E-state index in [-0.39, 0.29) is 6.04 Å². The van der Waals surface area contributed by atoms with E-state index in [9.17, 15) is 0 Å². The lowest BCUT2D eigenvalue weighted by atomic mass is 9.89. The molecule has 3 N–H and O–H groups in total. The van der Waals surface area contributed by atoms with Crippen molar-refractivity contribution in [3.63, 3.8) is 0 Å². The zero-order chi connectivity index (χ0) is 14.8. The minimum absolute atomic E-state index is 0.136. The summed E-state index contributed by atoms with van der Waals surface area (Å²) in [7, 11) is 0. The fourth-order valence-corrected chi connectivity index (χ4v) is 4.50. The standard InChI is InChI=1S/C16H16Cl2N2S/c17-11-5-6-14(18)10(7-11)8-15(20-19)13-9-21-16-4-2-1-3-12(13)16/h1-7,13,15,20H,8-9,19H2. The van der Waals surface area contributed by atoms with Crippen LogP contribution in [0.1, 0.15) is 17.0 Å². The Bertz CT molecular complexity index is 648. The van der Waals surface area contributed by atoms with Gasteiger partial charge in [0.25, 0.3) is 0 Å². The fourth-order valence-electron chi connectivity index (χ4n) is 2.77. The highest BCUT2D eigenvalue weighted by molar-refractivity contribution is 7.99. The molecule has 2 aromatic rings. The quantitative estimate of drug-likeness (QED) is 0.646. The summed E-state index contributed by atoms with van der Waals surface area (Å²) in [6.07, 6.45) is 0.759. The SMILES string of the molecule is NNC(Cc1cc(Cl)ccc1Cl)C1CSc2ccccc21. The van der Waals surface area contributed by atoms with E-state index in [1.165, 1.54) is 10.5 Å². The van der Waals surface area contributed by atoms with Gasteiger partial charge in [0.15, 0.2) is 0 Å². The van der Waals surface area contributed by atoms with Crippen LogP contribution in [0.15, 0.2) is 47.4 Å². The Labute approximate surface area is 139 Å². The summed E-state index contributed by atoms with van der Waals surface area (Å²) in [6, 6.07) is 14.2. The summed E-state index contributed by atoms with van der Waals surface area (Å²) in [5.74, 6) is 7.23. The zero-order valence-corrected chi connectivity index (χ0v) is 13.7. The van der Waals surface area contributed by atoms with Gasteiger partial charge in [-0.3, -0.25) is 11.3 Å². The molecule has 1 heterocycles. The Kier molecular flexibility index (Phi) is 4.77. The van der Waals surface area contributed by atoms with Crippen molar-refractivity contribution in [1.82, 2.24) is 5.43 Å². The number of thioether (sulfide) groups is 1. The van der Waals surface area contributed by atoms with Crippen LogP contribution in [0, 0.1) is 0 Å². The Balaban J connectivity index is 1.85. The minimum Gasteiger partial charge on any atom is -0.271 e. The molecular weight excluding hydrogens is 323 g/mol. The second-order valence-electron chi connectivity index (χ2n) is 5.17. The van der Waals surface area contributed by atoms with Crippen molar-refractivity contribution in [2.24, 2.45) is 5.84 Å². The largest absolute Gasteiger partial charge is 0.271 e. The molecule has 1 aliphatic heterocycles. The van der Waals surface area contributed by atoms with E-state index >= 15 is 0 Å². The summed E-state index contributed by atoms with van der Waals surface area (Å²) < 4.78 is 0. The van der Waals surface area contributed by atoms with E-state index in [1.807, 2.05) is 23.9 Å². The molecule has 0 fully saturated rings. The lowest BCUT2D eigenvalue weighted by Crippen LogP contribution is -2.41. The van der Waals surface area contributed by atoms with Crippen molar-refractivity contribution >= 4 is 35.0 Å². The molecule has 0 aromatic heterocycles. The molecule has 0 amide bonds. The maximum atomic E-state index is 6.27. The van der Waals surface area contributed by atoms with Gasteiger partial charge in [-0.15, -0.1) is 11.8 Å². The smallest absolute Gasteiger partial charge is 0.0439 e. The zero-order valence-electron chi connectivity index (χ0n) is 11.4. The third kappa shape index (κ3) is 3.22. The molecule has 0 bridgehead atoms. The second-order valence-corrected chi connectivity index (χ2v) is 7.07. The van der Waals surface area contributed by atoms with Crippen LogP contribution in [-0.2, 0) is 6.42 Å². The lowest BCUT2D eigenvalue weighted by molar-refractivity contribution is 0.463. The molecule has 21 heavy (non-hydrogen) atoms. The molecule has 110 valence electrons. The molecule has 5 heteroatoms. The van der Waals surface area contributed by atoms with Crippen LogP contribution in [0.5, 0.6) is 0 Å². The van der Waals surface area contributed by atoms with Gasteiger partial charge in [-0.1, -0.05) is 41.4 Å². The van der Waals surface area contributed by atoms with E-state index in [0.717, 1.165) is 22.8 Å². The monoisotopic (exact) mass is 338 g/mol. The first-order chi connectivity index (χ1) is 10.2. The summed E-state index contributed by atoms with van der Waals surface area (Å²) in [6.45, 7) is 0. The van der Waals surface area contributed by atoms with Gasteiger partial charge >= 0.3 is 0 Å². The maximum Gasteiger partial charge on any atom is 0.0439 e. The van der Waals surface area contributed by atoms with Crippen LogP contribution in [0.2, 0.25) is 10.0 Å². The topological polar surface area (TPSA) is 38.0 Å². The summed E-state index contributed by atoms with van der Waals surface area (Å²) in [5, 5.41) is 1.44. The molecule has 3 rings (SSSR count). The summed E-state index contributed by atoms with van der Waals surface area (Å²) in [4.78, 5) is 1.35. The molecule has 1 aliphatic rings.